The maximum absolute atomic E-state index is 6.10. The van der Waals surface area contributed by atoms with E-state index in [1.54, 1.807) is 7.11 Å². The predicted octanol–water partition coefficient (Wildman–Crippen LogP) is 4.74. The molecule has 4 heteroatoms. The van der Waals surface area contributed by atoms with Crippen molar-refractivity contribution in [3.05, 3.63) is 60.2 Å². The normalized spacial score (nSPS) is 14.1. The summed E-state index contributed by atoms with van der Waals surface area (Å²) in [6.45, 7) is 4.52. The van der Waals surface area contributed by atoms with Crippen LogP contribution in [0.3, 0.4) is 0 Å². The summed E-state index contributed by atoms with van der Waals surface area (Å²) in [5, 5.41) is 2.03. The van der Waals surface area contributed by atoms with Gasteiger partial charge in [0.2, 0.25) is 6.79 Å². The Labute approximate surface area is 138 Å². The molecule has 4 nitrogen and oxygen atoms in total. The van der Waals surface area contributed by atoms with Gasteiger partial charge in [-0.2, -0.15) is 0 Å². The molecule has 0 unspecified atom stereocenters. The van der Waals surface area contributed by atoms with E-state index in [-0.39, 0.29) is 6.79 Å². The van der Waals surface area contributed by atoms with Crippen molar-refractivity contribution in [2.24, 2.45) is 0 Å². The Morgan fingerprint density at radius 2 is 1.92 bits per heavy atom. The molecule has 5 rings (SSSR count). The molecule has 0 radical (unpaired) electrons. The Balaban J connectivity index is 1.77. The van der Waals surface area contributed by atoms with Crippen LogP contribution in [0, 0.1) is 0 Å². The van der Waals surface area contributed by atoms with Crippen LogP contribution in [0.5, 0.6) is 28.7 Å². The zero-order valence-electron chi connectivity index (χ0n) is 13.1. The fourth-order valence-electron chi connectivity index (χ4n) is 3.36. The van der Waals surface area contributed by atoms with Crippen molar-refractivity contribution in [3.63, 3.8) is 0 Å². The fourth-order valence-corrected chi connectivity index (χ4v) is 3.36. The van der Waals surface area contributed by atoms with Crippen LogP contribution in [0.1, 0.15) is 11.1 Å². The summed E-state index contributed by atoms with van der Waals surface area (Å²) in [6, 6.07) is 13.7. The number of benzene rings is 3. The van der Waals surface area contributed by atoms with Gasteiger partial charge in [0.05, 0.1) is 12.7 Å². The summed E-state index contributed by atoms with van der Waals surface area (Å²) in [5.41, 5.74) is 2.70. The van der Waals surface area contributed by atoms with Crippen molar-refractivity contribution in [2.45, 2.75) is 0 Å². The van der Waals surface area contributed by atoms with Gasteiger partial charge in [-0.15, -0.1) is 0 Å². The molecule has 0 saturated heterocycles. The van der Waals surface area contributed by atoms with Gasteiger partial charge in [-0.25, -0.2) is 0 Å². The van der Waals surface area contributed by atoms with E-state index in [4.69, 9.17) is 18.9 Å². The zero-order valence-corrected chi connectivity index (χ0v) is 13.1. The van der Waals surface area contributed by atoms with Gasteiger partial charge < -0.3 is 18.9 Å². The molecule has 3 aromatic rings. The summed E-state index contributed by atoms with van der Waals surface area (Å²) < 4.78 is 22.7. The first-order valence-electron chi connectivity index (χ1n) is 7.67. The third-order valence-electron chi connectivity index (χ3n) is 4.51. The maximum atomic E-state index is 6.10. The maximum Gasteiger partial charge on any atom is 0.231 e. The van der Waals surface area contributed by atoms with Gasteiger partial charge in [0.1, 0.15) is 17.2 Å². The number of fused-ring (bicyclic) bond motifs is 5. The Hall–Kier alpha value is -3.14. The van der Waals surface area contributed by atoms with Crippen LogP contribution in [-0.4, -0.2) is 13.9 Å². The SMILES string of the molecule is C=C1c2cc3c4c(ccc3cc2Oc2cccc(OC)c21)OCO4. The molecule has 24 heavy (non-hydrogen) atoms. The molecule has 0 aliphatic carbocycles. The Kier molecular flexibility index (Phi) is 2.59. The molecule has 0 spiro atoms. The van der Waals surface area contributed by atoms with Crippen molar-refractivity contribution in [3.8, 4) is 28.7 Å². The molecule has 2 heterocycles. The lowest BCUT2D eigenvalue weighted by Crippen LogP contribution is -2.04. The van der Waals surface area contributed by atoms with Gasteiger partial charge in [0.15, 0.2) is 11.5 Å². The third-order valence-corrected chi connectivity index (χ3v) is 4.51. The van der Waals surface area contributed by atoms with Crippen molar-refractivity contribution in [1.29, 1.82) is 0 Å². The molecule has 2 aliphatic heterocycles. The molecule has 118 valence electrons. The highest BCUT2D eigenvalue weighted by molar-refractivity contribution is 5.99. The molecule has 2 aliphatic rings. The quantitative estimate of drug-likeness (QED) is 0.508. The molecular formula is C20H14O4. The second kappa shape index (κ2) is 4.68. The molecular weight excluding hydrogens is 304 g/mol. The lowest BCUT2D eigenvalue weighted by atomic mass is 9.92. The van der Waals surface area contributed by atoms with E-state index >= 15 is 0 Å². The molecule has 0 aromatic heterocycles. The molecule has 0 atom stereocenters. The van der Waals surface area contributed by atoms with E-state index in [1.807, 2.05) is 36.4 Å². The van der Waals surface area contributed by atoms with E-state index in [9.17, 15) is 0 Å². The van der Waals surface area contributed by atoms with Crippen molar-refractivity contribution in [2.75, 3.05) is 13.9 Å². The van der Waals surface area contributed by atoms with E-state index in [2.05, 4.69) is 12.6 Å². The number of hydrogen-bond acceptors (Lipinski definition) is 4. The monoisotopic (exact) mass is 318 g/mol. The van der Waals surface area contributed by atoms with Crippen LogP contribution in [0.4, 0.5) is 0 Å². The molecule has 0 bridgehead atoms. The summed E-state index contributed by atoms with van der Waals surface area (Å²) >= 11 is 0. The minimum absolute atomic E-state index is 0.250. The van der Waals surface area contributed by atoms with Crippen molar-refractivity contribution < 1.29 is 18.9 Å². The topological polar surface area (TPSA) is 36.9 Å². The van der Waals surface area contributed by atoms with Crippen molar-refractivity contribution in [1.82, 2.24) is 0 Å². The molecule has 0 saturated carbocycles. The minimum Gasteiger partial charge on any atom is -0.496 e. The first-order chi connectivity index (χ1) is 11.8. The van der Waals surface area contributed by atoms with E-state index in [1.165, 1.54) is 0 Å². The predicted molar refractivity (Wildman–Crippen MR) is 91.3 cm³/mol. The first-order valence-corrected chi connectivity index (χ1v) is 7.67. The van der Waals surface area contributed by atoms with Gasteiger partial charge in [-0.05, 0) is 41.3 Å². The Bertz CT molecular complexity index is 1020. The lowest BCUT2D eigenvalue weighted by Gasteiger charge is -2.24. The molecule has 0 fully saturated rings. The van der Waals surface area contributed by atoms with E-state index < -0.39 is 0 Å². The fraction of sp³-hybridized carbons (Fsp3) is 0.100. The minimum atomic E-state index is 0.250. The summed E-state index contributed by atoms with van der Waals surface area (Å²) in [5.74, 6) is 3.83. The second-order valence-electron chi connectivity index (χ2n) is 5.78. The molecule has 3 aromatic carbocycles. The van der Waals surface area contributed by atoms with Crippen LogP contribution in [0.2, 0.25) is 0 Å². The first kappa shape index (κ1) is 13.3. The van der Waals surface area contributed by atoms with Crippen molar-refractivity contribution >= 4 is 16.3 Å². The highest BCUT2D eigenvalue weighted by atomic mass is 16.7. The van der Waals surface area contributed by atoms with Crippen LogP contribution in [0.15, 0.2) is 49.0 Å². The highest BCUT2D eigenvalue weighted by Gasteiger charge is 2.26. The van der Waals surface area contributed by atoms with E-state index in [0.717, 1.165) is 56.2 Å². The van der Waals surface area contributed by atoms with Gasteiger partial charge in [0.25, 0.3) is 0 Å². The van der Waals surface area contributed by atoms with Gasteiger partial charge in [-0.1, -0.05) is 18.7 Å². The summed E-state index contributed by atoms with van der Waals surface area (Å²) in [6.07, 6.45) is 0. The van der Waals surface area contributed by atoms with Crippen LogP contribution >= 0.6 is 0 Å². The largest absolute Gasteiger partial charge is 0.496 e. The number of rotatable bonds is 1. The number of hydrogen-bond donors (Lipinski definition) is 0. The smallest absolute Gasteiger partial charge is 0.231 e. The van der Waals surface area contributed by atoms with E-state index in [0.29, 0.717) is 0 Å². The van der Waals surface area contributed by atoms with Crippen LogP contribution < -0.4 is 18.9 Å². The number of methoxy groups -OCH3 is 1. The van der Waals surface area contributed by atoms with Gasteiger partial charge in [-0.3, -0.25) is 0 Å². The zero-order chi connectivity index (χ0) is 16.3. The highest BCUT2D eigenvalue weighted by Crippen LogP contribution is 2.49. The van der Waals surface area contributed by atoms with Gasteiger partial charge >= 0.3 is 0 Å². The van der Waals surface area contributed by atoms with Gasteiger partial charge in [0, 0.05) is 10.9 Å². The Morgan fingerprint density at radius 1 is 1.00 bits per heavy atom. The lowest BCUT2D eigenvalue weighted by molar-refractivity contribution is 0.175. The summed E-state index contributed by atoms with van der Waals surface area (Å²) in [4.78, 5) is 0. The average Bonchev–Trinajstić information content (AvgIpc) is 3.09. The molecule has 0 amide bonds. The standard InChI is InChI=1S/C20H14O4/c1-11-13-9-14-12(6-7-17-20(14)23-10-22-17)8-18(13)24-16-5-3-4-15(21-2)19(11)16/h3-9H,1,10H2,2H3. The summed E-state index contributed by atoms with van der Waals surface area (Å²) in [7, 11) is 1.65. The molecule has 0 N–H and O–H groups in total. The Morgan fingerprint density at radius 3 is 2.79 bits per heavy atom. The third kappa shape index (κ3) is 1.68. The van der Waals surface area contributed by atoms with Crippen LogP contribution in [0.25, 0.3) is 16.3 Å². The average molecular weight is 318 g/mol. The number of ether oxygens (including phenoxy) is 4. The second-order valence-corrected chi connectivity index (χ2v) is 5.78. The van der Waals surface area contributed by atoms with Crippen LogP contribution in [-0.2, 0) is 0 Å².